The molecule has 1 aliphatic rings. The van der Waals surface area contributed by atoms with Crippen LogP contribution in [0.4, 0.5) is 0 Å². The third-order valence-electron chi connectivity index (χ3n) is 4.58. The highest BCUT2D eigenvalue weighted by molar-refractivity contribution is 7.15. The minimum absolute atomic E-state index is 0.221. The Morgan fingerprint density at radius 1 is 1.29 bits per heavy atom. The average molecular weight is 305 g/mol. The third kappa shape index (κ3) is 3.86. The third-order valence-corrected chi connectivity index (χ3v) is 5.35. The summed E-state index contributed by atoms with van der Waals surface area (Å²) in [5.74, 6) is 1.59. The molecule has 0 radical (unpaired) electrons. The molecule has 0 spiro atoms. The van der Waals surface area contributed by atoms with E-state index < -0.39 is 0 Å². The lowest BCUT2D eigenvalue weighted by molar-refractivity contribution is 0.212. The Balaban J connectivity index is 1.64. The van der Waals surface area contributed by atoms with Crippen LogP contribution in [0.5, 0.6) is 0 Å². The van der Waals surface area contributed by atoms with Crippen molar-refractivity contribution in [1.82, 2.24) is 14.7 Å². The van der Waals surface area contributed by atoms with Crippen LogP contribution in [0.15, 0.2) is 17.8 Å². The Labute approximate surface area is 131 Å². The van der Waals surface area contributed by atoms with E-state index in [1.807, 2.05) is 0 Å². The lowest BCUT2D eigenvalue weighted by Crippen LogP contribution is -2.41. The van der Waals surface area contributed by atoms with Gasteiger partial charge in [-0.05, 0) is 58.4 Å². The summed E-state index contributed by atoms with van der Waals surface area (Å²) < 4.78 is 2.16. The molecule has 0 bridgehead atoms. The van der Waals surface area contributed by atoms with Crippen molar-refractivity contribution in [2.45, 2.75) is 58.4 Å². The number of nitrogens with one attached hydrogen (secondary N) is 1. The van der Waals surface area contributed by atoms with Gasteiger partial charge in [-0.1, -0.05) is 12.8 Å². The topological polar surface area (TPSA) is 29.3 Å². The summed E-state index contributed by atoms with van der Waals surface area (Å²) in [6.07, 6.45) is 11.0. The van der Waals surface area contributed by atoms with E-state index >= 15 is 0 Å². The first kappa shape index (κ1) is 15.0. The molecule has 116 valence electrons. The Bertz CT molecular complexity index is 550. The summed E-state index contributed by atoms with van der Waals surface area (Å²) in [7, 11) is 0. The van der Waals surface area contributed by atoms with Crippen LogP contribution in [0, 0.1) is 11.8 Å². The number of rotatable bonds is 4. The van der Waals surface area contributed by atoms with Gasteiger partial charge in [0.1, 0.15) is 0 Å². The number of aromatic nitrogens is 2. The molecule has 0 aromatic carbocycles. The fourth-order valence-electron chi connectivity index (χ4n) is 3.40. The zero-order valence-corrected chi connectivity index (χ0v) is 14.2. The summed E-state index contributed by atoms with van der Waals surface area (Å²) in [4.78, 5) is 5.90. The van der Waals surface area contributed by atoms with Crippen molar-refractivity contribution in [1.29, 1.82) is 0 Å². The Kier molecular flexibility index (Phi) is 4.36. The van der Waals surface area contributed by atoms with Gasteiger partial charge >= 0.3 is 0 Å². The van der Waals surface area contributed by atoms with Crippen LogP contribution in [0.3, 0.4) is 0 Å². The molecule has 1 fully saturated rings. The van der Waals surface area contributed by atoms with Crippen molar-refractivity contribution >= 4 is 16.3 Å². The molecule has 1 saturated carbocycles. The molecular formula is C17H27N3S. The Hall–Kier alpha value is -0.870. The van der Waals surface area contributed by atoms with Gasteiger partial charge in [0.15, 0.2) is 4.96 Å². The van der Waals surface area contributed by atoms with Crippen molar-refractivity contribution < 1.29 is 0 Å². The van der Waals surface area contributed by atoms with E-state index in [1.54, 1.807) is 11.3 Å². The lowest BCUT2D eigenvalue weighted by atomic mass is 9.76. The number of nitrogens with zero attached hydrogens (tertiary/aromatic N) is 2. The molecule has 2 aromatic heterocycles. The molecule has 4 heteroatoms. The molecule has 21 heavy (non-hydrogen) atoms. The van der Waals surface area contributed by atoms with E-state index in [4.69, 9.17) is 4.98 Å². The van der Waals surface area contributed by atoms with Crippen LogP contribution in [-0.2, 0) is 6.42 Å². The molecule has 2 atom stereocenters. The zero-order valence-electron chi connectivity index (χ0n) is 13.4. The number of hydrogen-bond donors (Lipinski definition) is 1. The molecule has 3 rings (SSSR count). The molecule has 1 aliphatic carbocycles. The first-order valence-electron chi connectivity index (χ1n) is 8.17. The van der Waals surface area contributed by atoms with E-state index in [2.05, 4.69) is 48.3 Å². The van der Waals surface area contributed by atoms with Crippen LogP contribution in [0.25, 0.3) is 4.96 Å². The van der Waals surface area contributed by atoms with Crippen molar-refractivity contribution in [3.05, 3.63) is 23.5 Å². The van der Waals surface area contributed by atoms with Crippen molar-refractivity contribution in [3.8, 4) is 0 Å². The largest absolute Gasteiger partial charge is 0.312 e. The minimum Gasteiger partial charge on any atom is -0.312 e. The molecule has 2 aromatic rings. The van der Waals surface area contributed by atoms with Gasteiger partial charge < -0.3 is 5.32 Å². The van der Waals surface area contributed by atoms with Gasteiger partial charge in [0, 0.05) is 23.3 Å². The summed E-state index contributed by atoms with van der Waals surface area (Å²) >= 11 is 1.72. The normalized spacial score (nSPS) is 23.8. The van der Waals surface area contributed by atoms with Gasteiger partial charge in [-0.2, -0.15) is 0 Å². The minimum atomic E-state index is 0.221. The molecule has 3 nitrogen and oxygen atoms in total. The van der Waals surface area contributed by atoms with E-state index in [0.29, 0.717) is 0 Å². The second-order valence-corrected chi connectivity index (χ2v) is 8.34. The fraction of sp³-hybridized carbons (Fsp3) is 0.706. The predicted octanol–water partition coefficient (Wildman–Crippen LogP) is 4.13. The lowest BCUT2D eigenvalue weighted by Gasteiger charge is -2.34. The summed E-state index contributed by atoms with van der Waals surface area (Å²) in [5, 5.41) is 5.81. The van der Waals surface area contributed by atoms with Crippen LogP contribution in [-0.4, -0.2) is 21.5 Å². The number of hydrogen-bond acceptors (Lipinski definition) is 3. The maximum Gasteiger partial charge on any atom is 0.193 e. The summed E-state index contributed by atoms with van der Waals surface area (Å²) in [6, 6.07) is 0. The highest BCUT2D eigenvalue weighted by Crippen LogP contribution is 2.32. The quantitative estimate of drug-likeness (QED) is 0.920. The monoisotopic (exact) mass is 305 g/mol. The van der Waals surface area contributed by atoms with E-state index in [-0.39, 0.29) is 5.54 Å². The Morgan fingerprint density at radius 3 is 2.76 bits per heavy atom. The smallest absolute Gasteiger partial charge is 0.193 e. The molecule has 0 saturated heterocycles. The van der Waals surface area contributed by atoms with E-state index in [9.17, 15) is 0 Å². The van der Waals surface area contributed by atoms with E-state index in [1.165, 1.54) is 31.4 Å². The fourth-order valence-corrected chi connectivity index (χ4v) is 4.12. The standard InChI is InChI=1S/C17H27N3S/c1-17(2,3)18-11-14-7-5-4-6-13(14)10-15-12-20-8-9-21-16(20)19-15/h8-9,12-14,18H,4-7,10-11H2,1-3H3. The molecule has 0 amide bonds. The average Bonchev–Trinajstić information content (AvgIpc) is 2.97. The molecule has 2 heterocycles. The van der Waals surface area contributed by atoms with Gasteiger partial charge in [0.2, 0.25) is 0 Å². The van der Waals surface area contributed by atoms with Crippen molar-refractivity contribution in [2.24, 2.45) is 11.8 Å². The number of fused-ring (bicyclic) bond motifs is 1. The molecule has 1 N–H and O–H groups in total. The van der Waals surface area contributed by atoms with Crippen LogP contribution < -0.4 is 5.32 Å². The van der Waals surface area contributed by atoms with Gasteiger partial charge in [-0.3, -0.25) is 4.40 Å². The van der Waals surface area contributed by atoms with Crippen molar-refractivity contribution in [2.75, 3.05) is 6.54 Å². The first-order chi connectivity index (χ1) is 10.0. The summed E-state index contributed by atoms with van der Waals surface area (Å²) in [5.41, 5.74) is 1.49. The van der Waals surface area contributed by atoms with Crippen LogP contribution >= 0.6 is 11.3 Å². The van der Waals surface area contributed by atoms with Crippen LogP contribution in [0.2, 0.25) is 0 Å². The Morgan fingerprint density at radius 2 is 2.05 bits per heavy atom. The zero-order chi connectivity index (χ0) is 14.9. The van der Waals surface area contributed by atoms with Gasteiger partial charge in [-0.25, -0.2) is 4.98 Å². The maximum atomic E-state index is 4.77. The van der Waals surface area contributed by atoms with Crippen LogP contribution in [0.1, 0.15) is 52.1 Å². The number of thiazole rings is 1. The van der Waals surface area contributed by atoms with Gasteiger partial charge in [0.25, 0.3) is 0 Å². The first-order valence-corrected chi connectivity index (χ1v) is 9.05. The molecule has 2 unspecified atom stereocenters. The van der Waals surface area contributed by atoms with Gasteiger partial charge in [-0.15, -0.1) is 11.3 Å². The molecule has 0 aliphatic heterocycles. The van der Waals surface area contributed by atoms with Crippen molar-refractivity contribution in [3.63, 3.8) is 0 Å². The SMILES string of the molecule is CC(C)(C)NCC1CCCCC1Cc1cn2ccsc2n1. The second-order valence-electron chi connectivity index (χ2n) is 7.46. The van der Waals surface area contributed by atoms with E-state index in [0.717, 1.165) is 29.8 Å². The highest BCUT2D eigenvalue weighted by Gasteiger charge is 2.27. The highest BCUT2D eigenvalue weighted by atomic mass is 32.1. The summed E-state index contributed by atoms with van der Waals surface area (Å²) in [6.45, 7) is 7.92. The second kappa shape index (κ2) is 6.09. The maximum absolute atomic E-state index is 4.77. The van der Waals surface area contributed by atoms with Gasteiger partial charge in [0.05, 0.1) is 5.69 Å². The number of imidazole rings is 1. The predicted molar refractivity (Wildman–Crippen MR) is 90.0 cm³/mol. The molecular weight excluding hydrogens is 278 g/mol.